The Kier molecular flexibility index (Phi) is 4.35. The molecule has 0 aliphatic heterocycles. The molecule has 1 aliphatic rings. The first-order valence-corrected chi connectivity index (χ1v) is 5.48. The van der Waals surface area contributed by atoms with Gasteiger partial charge in [0.2, 0.25) is 0 Å². The second kappa shape index (κ2) is 5.54. The lowest BCUT2D eigenvalue weighted by Crippen LogP contribution is -2.35. The average Bonchev–Trinajstić information content (AvgIpc) is 2.19. The predicted molar refractivity (Wildman–Crippen MR) is 62.9 cm³/mol. The summed E-state index contributed by atoms with van der Waals surface area (Å²) in [7, 11) is 0. The van der Waals surface area contributed by atoms with E-state index < -0.39 is 5.97 Å². The van der Waals surface area contributed by atoms with Crippen LogP contribution in [0.2, 0.25) is 0 Å². The highest BCUT2D eigenvalue weighted by Crippen LogP contribution is 2.32. The van der Waals surface area contributed by atoms with Crippen LogP contribution in [0.25, 0.3) is 0 Å². The number of hydrogen-bond acceptors (Lipinski definition) is 2. The third kappa shape index (κ3) is 3.26. The molecule has 0 aromatic carbocycles. The zero-order chi connectivity index (χ0) is 12.1. The van der Waals surface area contributed by atoms with Gasteiger partial charge < -0.3 is 9.84 Å². The maximum absolute atomic E-state index is 10.6. The maximum atomic E-state index is 10.6. The number of hydrogen-bond donors (Lipinski definition) is 1. The summed E-state index contributed by atoms with van der Waals surface area (Å²) in [5, 5.41) is 8.72. The summed E-state index contributed by atoms with van der Waals surface area (Å²) in [6, 6.07) is 0. The summed E-state index contributed by atoms with van der Waals surface area (Å²) in [4.78, 5) is 10.6. The number of allylic oxidation sites excluding steroid dienone is 3. The fourth-order valence-electron chi connectivity index (χ4n) is 1.50. The Morgan fingerprint density at radius 2 is 2.19 bits per heavy atom. The highest BCUT2D eigenvalue weighted by molar-refractivity contribution is 5.71. The Hall–Kier alpha value is -1.51. The van der Waals surface area contributed by atoms with Gasteiger partial charge >= 0.3 is 5.97 Å². The molecule has 0 radical (unpaired) electrons. The van der Waals surface area contributed by atoms with Crippen LogP contribution >= 0.6 is 0 Å². The summed E-state index contributed by atoms with van der Waals surface area (Å²) in [5.74, 6) is -0.298. The number of aliphatic carboxylic acids is 1. The van der Waals surface area contributed by atoms with Crippen molar-refractivity contribution in [2.45, 2.75) is 32.3 Å². The maximum Gasteiger partial charge on any atom is 0.306 e. The molecule has 1 rings (SSSR count). The van der Waals surface area contributed by atoms with Crippen LogP contribution in [0.15, 0.2) is 36.6 Å². The molecule has 88 valence electrons. The van der Waals surface area contributed by atoms with Gasteiger partial charge in [0, 0.05) is 0 Å². The highest BCUT2D eigenvalue weighted by atomic mass is 16.5. The fourth-order valence-corrected chi connectivity index (χ4v) is 1.50. The molecule has 0 atom stereocenters. The van der Waals surface area contributed by atoms with Crippen molar-refractivity contribution in [3.63, 3.8) is 0 Å². The van der Waals surface area contributed by atoms with Crippen molar-refractivity contribution >= 4 is 5.97 Å². The van der Waals surface area contributed by atoms with Crippen LogP contribution in [0.3, 0.4) is 0 Å². The molecular weight excluding hydrogens is 204 g/mol. The first-order valence-electron chi connectivity index (χ1n) is 5.48. The second-order valence-corrected chi connectivity index (χ2v) is 4.01. The van der Waals surface area contributed by atoms with E-state index in [-0.39, 0.29) is 12.0 Å². The normalized spacial score (nSPS) is 24.4. The minimum atomic E-state index is -0.734. The molecule has 0 saturated heterocycles. The summed E-state index contributed by atoms with van der Waals surface area (Å²) >= 11 is 0. The lowest BCUT2D eigenvalue weighted by molar-refractivity contribution is -0.149. The molecule has 1 saturated carbocycles. The van der Waals surface area contributed by atoms with Crippen LogP contribution in [-0.2, 0) is 9.53 Å². The molecule has 16 heavy (non-hydrogen) atoms. The van der Waals surface area contributed by atoms with E-state index in [1.54, 1.807) is 6.08 Å². The summed E-state index contributed by atoms with van der Waals surface area (Å²) in [6.07, 6.45) is 5.52. The van der Waals surface area contributed by atoms with Crippen molar-refractivity contribution in [3.05, 3.63) is 36.6 Å². The first kappa shape index (κ1) is 12.6. The van der Waals surface area contributed by atoms with Gasteiger partial charge in [0.25, 0.3) is 0 Å². The number of carbonyl (C=O) groups is 1. The van der Waals surface area contributed by atoms with E-state index in [0.29, 0.717) is 18.6 Å². The Morgan fingerprint density at radius 1 is 1.56 bits per heavy atom. The lowest BCUT2D eigenvalue weighted by atomic mass is 9.82. The van der Waals surface area contributed by atoms with E-state index in [1.807, 2.05) is 13.0 Å². The van der Waals surface area contributed by atoms with E-state index in [1.165, 1.54) is 0 Å². The van der Waals surface area contributed by atoms with E-state index >= 15 is 0 Å². The minimum absolute atomic E-state index is 0.00926. The third-order valence-corrected chi connectivity index (χ3v) is 2.75. The zero-order valence-corrected chi connectivity index (χ0v) is 9.61. The molecule has 0 amide bonds. The van der Waals surface area contributed by atoms with Gasteiger partial charge in [-0.05, 0) is 31.4 Å². The largest absolute Gasteiger partial charge is 0.490 e. The Bertz CT molecular complexity index is 322. The number of rotatable bonds is 6. The van der Waals surface area contributed by atoms with Gasteiger partial charge in [-0.2, -0.15) is 0 Å². The zero-order valence-electron chi connectivity index (χ0n) is 9.61. The number of ether oxygens (including phenoxy) is 1. The summed E-state index contributed by atoms with van der Waals surface area (Å²) < 4.78 is 5.61. The lowest BCUT2D eigenvalue weighted by Gasteiger charge is -2.32. The van der Waals surface area contributed by atoms with Crippen molar-refractivity contribution in [1.29, 1.82) is 0 Å². The molecule has 0 aromatic heterocycles. The van der Waals surface area contributed by atoms with Gasteiger partial charge in [-0.3, -0.25) is 4.79 Å². The highest BCUT2D eigenvalue weighted by Gasteiger charge is 2.36. The molecular formula is C13H18O3. The molecule has 3 nitrogen and oxygen atoms in total. The topological polar surface area (TPSA) is 46.5 Å². The summed E-state index contributed by atoms with van der Waals surface area (Å²) in [6.45, 7) is 9.54. The molecule has 0 heterocycles. The third-order valence-electron chi connectivity index (χ3n) is 2.75. The van der Waals surface area contributed by atoms with Crippen molar-refractivity contribution in [3.8, 4) is 0 Å². The van der Waals surface area contributed by atoms with E-state index in [9.17, 15) is 4.79 Å². The quantitative estimate of drug-likeness (QED) is 0.555. The first-order chi connectivity index (χ1) is 7.56. The van der Waals surface area contributed by atoms with Crippen molar-refractivity contribution in [2.24, 2.45) is 5.92 Å². The summed E-state index contributed by atoms with van der Waals surface area (Å²) in [5.41, 5.74) is 0.976. The minimum Gasteiger partial charge on any atom is -0.490 e. The average molecular weight is 222 g/mol. The molecule has 0 aromatic rings. The fraction of sp³-hybridized carbons (Fsp3) is 0.462. The van der Waals surface area contributed by atoms with Gasteiger partial charge in [-0.15, -0.1) is 0 Å². The molecule has 1 aliphatic carbocycles. The standard InChI is InChI=1S/C13H18O3/c1-4-9(3)6-11(5-2)16-12-7-10(8-12)13(14)15/h5-6,10,12H,2-4,7-8H2,1H3,(H,14,15). The van der Waals surface area contributed by atoms with E-state index in [4.69, 9.17) is 9.84 Å². The van der Waals surface area contributed by atoms with E-state index in [0.717, 1.165) is 12.0 Å². The SMILES string of the molecule is C=CC(=CC(=C)CC)OC1CC(C(=O)O)C1. The molecule has 0 bridgehead atoms. The monoisotopic (exact) mass is 222 g/mol. The van der Waals surface area contributed by atoms with Crippen molar-refractivity contribution < 1.29 is 14.6 Å². The van der Waals surface area contributed by atoms with Gasteiger partial charge in [0.05, 0.1) is 5.92 Å². The smallest absolute Gasteiger partial charge is 0.306 e. The molecule has 1 fully saturated rings. The molecule has 1 N–H and O–H groups in total. The Morgan fingerprint density at radius 3 is 2.62 bits per heavy atom. The molecule has 3 heteroatoms. The van der Waals surface area contributed by atoms with Crippen LogP contribution in [-0.4, -0.2) is 17.2 Å². The van der Waals surface area contributed by atoms with Gasteiger partial charge in [-0.1, -0.05) is 25.7 Å². The Labute approximate surface area is 96.1 Å². The van der Waals surface area contributed by atoms with Crippen LogP contribution < -0.4 is 0 Å². The van der Waals surface area contributed by atoms with Crippen molar-refractivity contribution in [1.82, 2.24) is 0 Å². The van der Waals surface area contributed by atoms with Crippen LogP contribution in [0.1, 0.15) is 26.2 Å². The second-order valence-electron chi connectivity index (χ2n) is 4.01. The number of carboxylic acids is 1. The predicted octanol–water partition coefficient (Wildman–Crippen LogP) is 2.90. The molecule has 0 unspecified atom stereocenters. The van der Waals surface area contributed by atoms with Gasteiger partial charge in [0.15, 0.2) is 0 Å². The van der Waals surface area contributed by atoms with Crippen LogP contribution in [0.4, 0.5) is 0 Å². The van der Waals surface area contributed by atoms with Crippen molar-refractivity contribution in [2.75, 3.05) is 0 Å². The van der Waals surface area contributed by atoms with E-state index in [2.05, 4.69) is 13.2 Å². The Balaban J connectivity index is 2.42. The van der Waals surface area contributed by atoms with Crippen LogP contribution in [0, 0.1) is 5.92 Å². The number of carboxylic acid groups (broad SMARTS) is 1. The van der Waals surface area contributed by atoms with Gasteiger partial charge in [-0.25, -0.2) is 0 Å². The molecule has 0 spiro atoms. The van der Waals surface area contributed by atoms with Gasteiger partial charge in [0.1, 0.15) is 11.9 Å². The van der Waals surface area contributed by atoms with Crippen LogP contribution in [0.5, 0.6) is 0 Å².